The molecule has 1 unspecified atom stereocenters. The van der Waals surface area contributed by atoms with Crippen molar-refractivity contribution in [2.45, 2.75) is 53.1 Å². The first-order valence-electron chi connectivity index (χ1n) is 7.15. The van der Waals surface area contributed by atoms with Gasteiger partial charge in [-0.1, -0.05) is 19.9 Å². The second kappa shape index (κ2) is 8.09. The number of hydrogen-bond acceptors (Lipinski definition) is 3. The molecule has 1 N–H and O–H groups in total. The molecule has 102 valence electrons. The van der Waals surface area contributed by atoms with Crippen molar-refractivity contribution in [2.24, 2.45) is 0 Å². The Kier molecular flexibility index (Phi) is 6.73. The van der Waals surface area contributed by atoms with Crippen LogP contribution in [0, 0.1) is 0 Å². The third-order valence-electron chi connectivity index (χ3n) is 3.32. The van der Waals surface area contributed by atoms with Gasteiger partial charge in [0, 0.05) is 25.3 Å². The molecule has 1 aromatic heterocycles. The van der Waals surface area contributed by atoms with Crippen molar-refractivity contribution < 1.29 is 0 Å². The van der Waals surface area contributed by atoms with Crippen molar-refractivity contribution in [2.75, 3.05) is 18.0 Å². The largest absolute Gasteiger partial charge is 0.354 e. The molecular formula is C15H27N3. The van der Waals surface area contributed by atoms with Crippen molar-refractivity contribution >= 4 is 5.82 Å². The highest BCUT2D eigenvalue weighted by Gasteiger charge is 2.11. The molecule has 18 heavy (non-hydrogen) atoms. The molecule has 0 fully saturated rings. The highest BCUT2D eigenvalue weighted by atomic mass is 15.2. The summed E-state index contributed by atoms with van der Waals surface area (Å²) in [6.07, 6.45) is 4.31. The number of anilines is 1. The van der Waals surface area contributed by atoms with Crippen LogP contribution in [0.2, 0.25) is 0 Å². The lowest BCUT2D eigenvalue weighted by atomic mass is 10.2. The van der Waals surface area contributed by atoms with E-state index in [2.05, 4.69) is 55.0 Å². The Morgan fingerprint density at radius 3 is 2.56 bits per heavy atom. The minimum atomic E-state index is 0.548. The maximum absolute atomic E-state index is 4.58. The zero-order valence-electron chi connectivity index (χ0n) is 12.2. The Morgan fingerprint density at radius 1 is 1.28 bits per heavy atom. The summed E-state index contributed by atoms with van der Waals surface area (Å²) in [4.78, 5) is 6.93. The maximum Gasteiger partial charge on any atom is 0.128 e. The predicted octanol–water partition coefficient (Wildman–Crippen LogP) is 3.21. The third-order valence-corrected chi connectivity index (χ3v) is 3.32. The van der Waals surface area contributed by atoms with Crippen molar-refractivity contribution in [1.29, 1.82) is 0 Å². The van der Waals surface area contributed by atoms with Gasteiger partial charge in [0.25, 0.3) is 0 Å². The third kappa shape index (κ3) is 4.30. The molecule has 1 aromatic rings. The van der Waals surface area contributed by atoms with E-state index in [1.165, 1.54) is 12.0 Å². The van der Waals surface area contributed by atoms with Gasteiger partial charge in [0.1, 0.15) is 5.82 Å². The van der Waals surface area contributed by atoms with Crippen LogP contribution in [0.15, 0.2) is 18.3 Å². The van der Waals surface area contributed by atoms with Gasteiger partial charge in [-0.05, 0) is 44.9 Å². The molecule has 0 bridgehead atoms. The van der Waals surface area contributed by atoms with E-state index in [9.17, 15) is 0 Å². The monoisotopic (exact) mass is 249 g/mol. The number of pyridine rings is 1. The van der Waals surface area contributed by atoms with Gasteiger partial charge in [0.15, 0.2) is 0 Å². The molecular weight excluding hydrogens is 222 g/mol. The highest BCUT2D eigenvalue weighted by molar-refractivity contribution is 5.40. The lowest BCUT2D eigenvalue weighted by Gasteiger charge is -2.28. The van der Waals surface area contributed by atoms with Gasteiger partial charge in [-0.2, -0.15) is 0 Å². The lowest BCUT2D eigenvalue weighted by Crippen LogP contribution is -2.32. The second-order valence-electron chi connectivity index (χ2n) is 4.74. The lowest BCUT2D eigenvalue weighted by molar-refractivity contribution is 0.622. The van der Waals surface area contributed by atoms with E-state index in [1.807, 2.05) is 6.20 Å². The van der Waals surface area contributed by atoms with E-state index in [0.29, 0.717) is 6.04 Å². The normalized spacial score (nSPS) is 12.4. The summed E-state index contributed by atoms with van der Waals surface area (Å²) < 4.78 is 0. The van der Waals surface area contributed by atoms with Gasteiger partial charge in [0.2, 0.25) is 0 Å². The van der Waals surface area contributed by atoms with Crippen molar-refractivity contribution in [3.05, 3.63) is 23.9 Å². The minimum Gasteiger partial charge on any atom is -0.354 e. The molecule has 3 heteroatoms. The molecule has 0 spiro atoms. The van der Waals surface area contributed by atoms with E-state index < -0.39 is 0 Å². The van der Waals surface area contributed by atoms with Crippen LogP contribution in [0.25, 0.3) is 0 Å². The molecule has 0 amide bonds. The van der Waals surface area contributed by atoms with E-state index in [-0.39, 0.29) is 0 Å². The summed E-state index contributed by atoms with van der Waals surface area (Å²) in [7, 11) is 0. The molecule has 0 aromatic carbocycles. The number of nitrogens with one attached hydrogen (secondary N) is 1. The van der Waals surface area contributed by atoms with E-state index in [0.717, 1.165) is 31.9 Å². The fraction of sp³-hybridized carbons (Fsp3) is 0.667. The molecule has 1 heterocycles. The topological polar surface area (TPSA) is 28.2 Å². The van der Waals surface area contributed by atoms with Crippen LogP contribution in [0.1, 0.15) is 46.1 Å². The van der Waals surface area contributed by atoms with Gasteiger partial charge in [0.05, 0.1) is 0 Å². The average Bonchev–Trinajstić information content (AvgIpc) is 2.41. The van der Waals surface area contributed by atoms with Gasteiger partial charge in [-0.25, -0.2) is 4.98 Å². The first-order chi connectivity index (χ1) is 8.72. The Balaban J connectivity index is 2.63. The summed E-state index contributed by atoms with van der Waals surface area (Å²) in [5.41, 5.74) is 1.26. The Bertz CT molecular complexity index is 321. The van der Waals surface area contributed by atoms with Crippen LogP contribution < -0.4 is 10.2 Å². The summed E-state index contributed by atoms with van der Waals surface area (Å²) in [5.74, 6) is 1.09. The highest BCUT2D eigenvalue weighted by Crippen LogP contribution is 2.15. The van der Waals surface area contributed by atoms with Crippen LogP contribution in [0.4, 0.5) is 5.82 Å². The first kappa shape index (κ1) is 15.0. The molecule has 0 aliphatic carbocycles. The quantitative estimate of drug-likeness (QED) is 0.717. The van der Waals surface area contributed by atoms with Crippen LogP contribution in [0.3, 0.4) is 0 Å². The first-order valence-corrected chi connectivity index (χ1v) is 7.15. The fourth-order valence-electron chi connectivity index (χ4n) is 2.02. The van der Waals surface area contributed by atoms with Gasteiger partial charge >= 0.3 is 0 Å². The standard InChI is InChI=1S/C15H27N3/c1-5-10-16-11-14-8-9-15(17-12-14)18(7-3)13(4)6-2/h8-9,12-13,16H,5-7,10-11H2,1-4H3. The van der Waals surface area contributed by atoms with E-state index in [4.69, 9.17) is 0 Å². The van der Waals surface area contributed by atoms with Crippen molar-refractivity contribution in [3.8, 4) is 0 Å². The predicted molar refractivity (Wildman–Crippen MR) is 79.0 cm³/mol. The minimum absolute atomic E-state index is 0.548. The summed E-state index contributed by atoms with van der Waals surface area (Å²) in [6, 6.07) is 4.86. The van der Waals surface area contributed by atoms with Crippen LogP contribution in [0.5, 0.6) is 0 Å². The van der Waals surface area contributed by atoms with Gasteiger partial charge < -0.3 is 10.2 Å². The Morgan fingerprint density at radius 2 is 2.06 bits per heavy atom. The Hall–Kier alpha value is -1.09. The number of nitrogens with zero attached hydrogens (tertiary/aromatic N) is 2. The van der Waals surface area contributed by atoms with Crippen LogP contribution in [-0.4, -0.2) is 24.1 Å². The van der Waals surface area contributed by atoms with Gasteiger partial charge in [-0.3, -0.25) is 0 Å². The molecule has 0 radical (unpaired) electrons. The molecule has 1 atom stereocenters. The average molecular weight is 249 g/mol. The van der Waals surface area contributed by atoms with Gasteiger partial charge in [-0.15, -0.1) is 0 Å². The van der Waals surface area contributed by atoms with Crippen molar-refractivity contribution in [3.63, 3.8) is 0 Å². The fourth-order valence-corrected chi connectivity index (χ4v) is 2.02. The SMILES string of the molecule is CCCNCc1ccc(N(CC)C(C)CC)nc1. The summed E-state index contributed by atoms with van der Waals surface area (Å²) in [6.45, 7) is 11.8. The maximum atomic E-state index is 4.58. The molecule has 1 rings (SSSR count). The molecule has 0 saturated heterocycles. The number of aromatic nitrogens is 1. The summed E-state index contributed by atoms with van der Waals surface area (Å²) in [5, 5.41) is 3.39. The molecule has 0 saturated carbocycles. The molecule has 3 nitrogen and oxygen atoms in total. The summed E-state index contributed by atoms with van der Waals surface area (Å²) >= 11 is 0. The molecule has 0 aliphatic rings. The molecule has 0 aliphatic heterocycles. The van der Waals surface area contributed by atoms with E-state index in [1.54, 1.807) is 0 Å². The van der Waals surface area contributed by atoms with E-state index >= 15 is 0 Å². The van der Waals surface area contributed by atoms with Crippen LogP contribution >= 0.6 is 0 Å². The van der Waals surface area contributed by atoms with Crippen LogP contribution in [-0.2, 0) is 6.54 Å². The second-order valence-corrected chi connectivity index (χ2v) is 4.74. The zero-order chi connectivity index (χ0) is 13.4. The number of hydrogen-bond donors (Lipinski definition) is 1. The van der Waals surface area contributed by atoms with Crippen molar-refractivity contribution in [1.82, 2.24) is 10.3 Å². The smallest absolute Gasteiger partial charge is 0.128 e. The Labute approximate surface area is 112 Å². The number of rotatable bonds is 8. The zero-order valence-corrected chi connectivity index (χ0v) is 12.2.